The number of rotatable bonds is 0. The Labute approximate surface area is 78.4 Å². The van der Waals surface area contributed by atoms with E-state index in [1.807, 2.05) is 13.0 Å². The molecule has 0 fully saturated rings. The maximum atomic E-state index is 9.52. The summed E-state index contributed by atoms with van der Waals surface area (Å²) in [6.45, 7) is 1.93. The molecule has 0 saturated heterocycles. The predicted octanol–water partition coefficient (Wildman–Crippen LogP) is 1.52. The highest BCUT2D eigenvalue weighted by Gasteiger charge is 2.16. The van der Waals surface area contributed by atoms with E-state index in [0.29, 0.717) is 5.75 Å². The minimum atomic E-state index is 0.273. The Hall–Kier alpha value is -1.02. The SMILES string of the molecule is Cc1cc2c(cc1O)C[C@H](N)CC2. The van der Waals surface area contributed by atoms with Gasteiger partial charge in [-0.25, -0.2) is 0 Å². The van der Waals surface area contributed by atoms with Gasteiger partial charge in [0.05, 0.1) is 0 Å². The second kappa shape index (κ2) is 3.04. The van der Waals surface area contributed by atoms with Crippen molar-refractivity contribution in [2.75, 3.05) is 0 Å². The van der Waals surface area contributed by atoms with Gasteiger partial charge in [0.25, 0.3) is 0 Å². The Kier molecular flexibility index (Phi) is 2.00. The number of phenols is 1. The van der Waals surface area contributed by atoms with Crippen LogP contribution in [0, 0.1) is 6.92 Å². The minimum Gasteiger partial charge on any atom is -0.508 e. The molecule has 0 aliphatic heterocycles. The first-order chi connectivity index (χ1) is 6.16. The first-order valence-corrected chi connectivity index (χ1v) is 4.74. The molecule has 1 aliphatic carbocycles. The molecule has 0 aromatic heterocycles. The number of hydrogen-bond acceptors (Lipinski definition) is 2. The Morgan fingerprint density at radius 1 is 1.38 bits per heavy atom. The molecule has 0 radical (unpaired) electrons. The van der Waals surface area contributed by atoms with E-state index in [-0.39, 0.29) is 6.04 Å². The zero-order valence-corrected chi connectivity index (χ0v) is 7.88. The summed E-state index contributed by atoms with van der Waals surface area (Å²) in [5.74, 6) is 0.396. The Morgan fingerprint density at radius 3 is 2.92 bits per heavy atom. The van der Waals surface area contributed by atoms with Crippen LogP contribution in [0.3, 0.4) is 0 Å². The molecule has 0 saturated carbocycles. The number of phenolic OH excluding ortho intramolecular Hbond substituents is 1. The topological polar surface area (TPSA) is 46.2 Å². The highest BCUT2D eigenvalue weighted by molar-refractivity contribution is 5.42. The second-order valence-corrected chi connectivity index (χ2v) is 3.91. The van der Waals surface area contributed by atoms with Crippen LogP contribution in [0.4, 0.5) is 0 Å². The van der Waals surface area contributed by atoms with Crippen LogP contribution < -0.4 is 5.73 Å². The van der Waals surface area contributed by atoms with Crippen LogP contribution >= 0.6 is 0 Å². The van der Waals surface area contributed by atoms with Gasteiger partial charge in [-0.1, -0.05) is 6.07 Å². The van der Waals surface area contributed by atoms with E-state index < -0.39 is 0 Å². The van der Waals surface area contributed by atoms with Gasteiger partial charge in [0.2, 0.25) is 0 Å². The molecule has 0 heterocycles. The van der Waals surface area contributed by atoms with Crippen molar-refractivity contribution in [1.29, 1.82) is 0 Å². The monoisotopic (exact) mass is 177 g/mol. The summed E-state index contributed by atoms with van der Waals surface area (Å²) in [4.78, 5) is 0. The highest BCUT2D eigenvalue weighted by Crippen LogP contribution is 2.27. The molecule has 2 rings (SSSR count). The fraction of sp³-hybridized carbons (Fsp3) is 0.455. The average Bonchev–Trinajstić information content (AvgIpc) is 2.08. The van der Waals surface area contributed by atoms with Gasteiger partial charge in [-0.2, -0.15) is 0 Å². The maximum absolute atomic E-state index is 9.52. The summed E-state index contributed by atoms with van der Waals surface area (Å²) in [7, 11) is 0. The first-order valence-electron chi connectivity index (χ1n) is 4.74. The number of hydrogen-bond donors (Lipinski definition) is 2. The summed E-state index contributed by atoms with van der Waals surface area (Å²) in [5.41, 5.74) is 9.41. The van der Waals surface area contributed by atoms with Gasteiger partial charge in [-0.15, -0.1) is 0 Å². The molecule has 70 valence electrons. The third-order valence-corrected chi connectivity index (χ3v) is 2.78. The van der Waals surface area contributed by atoms with E-state index in [1.165, 1.54) is 11.1 Å². The number of benzene rings is 1. The van der Waals surface area contributed by atoms with Gasteiger partial charge >= 0.3 is 0 Å². The van der Waals surface area contributed by atoms with Crippen LogP contribution in [0.25, 0.3) is 0 Å². The van der Waals surface area contributed by atoms with Gasteiger partial charge in [0.15, 0.2) is 0 Å². The van der Waals surface area contributed by atoms with Crippen molar-refractivity contribution in [3.05, 3.63) is 28.8 Å². The molecule has 2 heteroatoms. The minimum absolute atomic E-state index is 0.273. The smallest absolute Gasteiger partial charge is 0.118 e. The van der Waals surface area contributed by atoms with Crippen LogP contribution in [-0.2, 0) is 12.8 Å². The van der Waals surface area contributed by atoms with Crippen molar-refractivity contribution in [2.24, 2.45) is 5.73 Å². The number of aryl methyl sites for hydroxylation is 2. The van der Waals surface area contributed by atoms with E-state index in [0.717, 1.165) is 24.8 Å². The van der Waals surface area contributed by atoms with Crippen molar-refractivity contribution in [3.63, 3.8) is 0 Å². The molecule has 3 N–H and O–H groups in total. The molecular weight excluding hydrogens is 162 g/mol. The Balaban J connectivity index is 2.43. The molecule has 2 nitrogen and oxygen atoms in total. The highest BCUT2D eigenvalue weighted by atomic mass is 16.3. The fourth-order valence-electron chi connectivity index (χ4n) is 1.95. The third-order valence-electron chi connectivity index (χ3n) is 2.78. The Morgan fingerprint density at radius 2 is 2.15 bits per heavy atom. The summed E-state index contributed by atoms with van der Waals surface area (Å²) in [6.07, 6.45) is 3.03. The fourth-order valence-corrected chi connectivity index (χ4v) is 1.95. The third kappa shape index (κ3) is 1.54. The molecule has 1 aromatic rings. The van der Waals surface area contributed by atoms with E-state index in [1.54, 1.807) is 0 Å². The van der Waals surface area contributed by atoms with Crippen LogP contribution in [0.15, 0.2) is 12.1 Å². The van der Waals surface area contributed by atoms with Crippen molar-refractivity contribution in [2.45, 2.75) is 32.2 Å². The van der Waals surface area contributed by atoms with Crippen molar-refractivity contribution < 1.29 is 5.11 Å². The van der Waals surface area contributed by atoms with Gasteiger partial charge in [-0.05, 0) is 48.9 Å². The quantitative estimate of drug-likeness (QED) is 0.631. The zero-order valence-electron chi connectivity index (χ0n) is 7.88. The largest absolute Gasteiger partial charge is 0.508 e. The number of fused-ring (bicyclic) bond motifs is 1. The molecule has 0 spiro atoms. The standard InChI is InChI=1S/C11H15NO/c1-7-4-8-2-3-10(12)5-9(8)6-11(7)13/h4,6,10,13H,2-3,5,12H2,1H3/t10-/m1/s1. The zero-order chi connectivity index (χ0) is 9.42. The van der Waals surface area contributed by atoms with E-state index >= 15 is 0 Å². The lowest BCUT2D eigenvalue weighted by Crippen LogP contribution is -2.27. The number of nitrogens with two attached hydrogens (primary N) is 1. The van der Waals surface area contributed by atoms with Crippen LogP contribution in [0.1, 0.15) is 23.1 Å². The maximum Gasteiger partial charge on any atom is 0.118 e. The van der Waals surface area contributed by atoms with Gasteiger partial charge in [0.1, 0.15) is 5.75 Å². The number of aromatic hydroxyl groups is 1. The van der Waals surface area contributed by atoms with E-state index in [2.05, 4.69) is 6.07 Å². The van der Waals surface area contributed by atoms with E-state index in [9.17, 15) is 5.11 Å². The second-order valence-electron chi connectivity index (χ2n) is 3.91. The first kappa shape index (κ1) is 8.57. The molecule has 1 aliphatic rings. The molecule has 13 heavy (non-hydrogen) atoms. The molecular formula is C11H15NO. The lowest BCUT2D eigenvalue weighted by molar-refractivity contribution is 0.467. The van der Waals surface area contributed by atoms with Gasteiger partial charge < -0.3 is 10.8 Å². The summed E-state index contributed by atoms with van der Waals surface area (Å²) >= 11 is 0. The normalized spacial score (nSPS) is 21.2. The molecule has 1 atom stereocenters. The lowest BCUT2D eigenvalue weighted by Gasteiger charge is -2.22. The summed E-state index contributed by atoms with van der Waals surface area (Å²) in [5, 5.41) is 9.52. The molecule has 1 aromatic carbocycles. The molecule has 0 amide bonds. The van der Waals surface area contributed by atoms with Crippen LogP contribution in [-0.4, -0.2) is 11.1 Å². The average molecular weight is 177 g/mol. The van der Waals surface area contributed by atoms with E-state index in [4.69, 9.17) is 5.73 Å². The Bertz CT molecular complexity index is 333. The van der Waals surface area contributed by atoms with Crippen molar-refractivity contribution >= 4 is 0 Å². The molecule has 0 bridgehead atoms. The summed E-state index contributed by atoms with van der Waals surface area (Å²) in [6, 6.07) is 4.22. The van der Waals surface area contributed by atoms with Crippen LogP contribution in [0.5, 0.6) is 5.75 Å². The van der Waals surface area contributed by atoms with Gasteiger partial charge in [0, 0.05) is 6.04 Å². The van der Waals surface area contributed by atoms with Crippen molar-refractivity contribution in [3.8, 4) is 5.75 Å². The summed E-state index contributed by atoms with van der Waals surface area (Å²) < 4.78 is 0. The van der Waals surface area contributed by atoms with Crippen LogP contribution in [0.2, 0.25) is 0 Å². The van der Waals surface area contributed by atoms with Crippen molar-refractivity contribution in [1.82, 2.24) is 0 Å². The predicted molar refractivity (Wildman–Crippen MR) is 52.8 cm³/mol. The van der Waals surface area contributed by atoms with Gasteiger partial charge in [-0.3, -0.25) is 0 Å². The lowest BCUT2D eigenvalue weighted by atomic mass is 9.87. The molecule has 0 unspecified atom stereocenters.